The minimum absolute atomic E-state index is 0.0731. The Bertz CT molecular complexity index is 2910. The first-order valence-electron chi connectivity index (χ1n) is 27.7. The smallest absolute Gasteiger partial charge is 0.345 e. The molecule has 2 fully saturated rings. The molecule has 0 saturated heterocycles. The molecule has 0 aliphatic heterocycles. The Labute approximate surface area is 479 Å². The molecule has 0 amide bonds. The van der Waals surface area contributed by atoms with Crippen molar-refractivity contribution in [3.63, 3.8) is 0 Å². The number of carbonyl (C=O) groups is 4. The molecular weight excluding hydrogens is 1030 g/mol. The fourth-order valence-electron chi connectivity index (χ4n) is 11.6. The van der Waals surface area contributed by atoms with Crippen LogP contribution in [0, 0.1) is 0 Å². The normalized spacial score (nSPS) is 17.9. The second-order valence-corrected chi connectivity index (χ2v) is 20.2. The summed E-state index contributed by atoms with van der Waals surface area (Å²) in [5.74, 6) is 0.485. The predicted octanol–water partition coefficient (Wildman–Crippen LogP) is 14.6. The fraction of sp³-hybridized carbons (Fsp3) is 0.257. The van der Waals surface area contributed by atoms with Gasteiger partial charge in [-0.05, 0) is 118 Å². The molecule has 8 atom stereocenters. The highest BCUT2D eigenvalue weighted by Gasteiger charge is 2.37. The van der Waals surface area contributed by atoms with E-state index in [2.05, 4.69) is 0 Å². The third-order valence-electron chi connectivity index (χ3n) is 15.4. The molecule has 0 bridgehead atoms. The summed E-state index contributed by atoms with van der Waals surface area (Å²) in [5, 5.41) is 0. The SMILES string of the molecule is CO[C@@H](C(=O)Oc1ccccc1[C@@H]1CCC[C@H]1c1ccccc1OC(=O)[C@H](OC)c1ccccc1)c1ccccc1.CO[C@@H](C(=O)Oc1ccccc1[C@@H]1CCC[C@H]1c1ccccc1OC(=O)[C@H](OC)c1ccccc1)c1ccccc1. The maximum atomic E-state index is 13.2. The molecule has 10 rings (SSSR count). The molecule has 2 aliphatic carbocycles. The van der Waals surface area contributed by atoms with E-state index in [1.165, 1.54) is 28.4 Å². The molecular formula is C70H68O12. The Kier molecular flexibility index (Phi) is 20.4. The molecule has 0 aromatic heterocycles. The monoisotopic (exact) mass is 1100 g/mol. The Morgan fingerprint density at radius 2 is 0.463 bits per heavy atom. The van der Waals surface area contributed by atoms with Crippen LogP contribution in [0.15, 0.2) is 218 Å². The summed E-state index contributed by atoms with van der Waals surface area (Å²) < 4.78 is 45.9. The van der Waals surface area contributed by atoms with Gasteiger partial charge in [-0.3, -0.25) is 0 Å². The Morgan fingerprint density at radius 3 is 0.659 bits per heavy atom. The number of methoxy groups -OCH3 is 4. The molecule has 2 aliphatic rings. The summed E-state index contributed by atoms with van der Waals surface area (Å²) in [6.07, 6.45) is 2.33. The number of carbonyl (C=O) groups excluding carboxylic acids is 4. The summed E-state index contributed by atoms with van der Waals surface area (Å²) in [5.41, 5.74) is 6.73. The number of rotatable bonds is 20. The second kappa shape index (κ2) is 28.8. The Hall–Kier alpha value is -8.52. The van der Waals surface area contributed by atoms with Gasteiger partial charge in [-0.1, -0.05) is 207 Å². The van der Waals surface area contributed by atoms with Crippen molar-refractivity contribution in [3.05, 3.63) is 263 Å². The van der Waals surface area contributed by atoms with Crippen molar-refractivity contribution in [2.75, 3.05) is 28.4 Å². The summed E-state index contributed by atoms with van der Waals surface area (Å²) in [7, 11) is 6.01. The lowest BCUT2D eigenvalue weighted by molar-refractivity contribution is -0.146. The van der Waals surface area contributed by atoms with Crippen LogP contribution in [-0.2, 0) is 38.1 Å². The van der Waals surface area contributed by atoms with Crippen molar-refractivity contribution in [2.45, 2.75) is 86.6 Å². The van der Waals surface area contributed by atoms with Gasteiger partial charge in [0.2, 0.25) is 0 Å². The quantitative estimate of drug-likeness (QED) is 0.0529. The van der Waals surface area contributed by atoms with E-state index >= 15 is 0 Å². The molecule has 0 spiro atoms. The number of ether oxygens (including phenoxy) is 8. The highest BCUT2D eigenvalue weighted by atomic mass is 16.6. The van der Waals surface area contributed by atoms with Crippen LogP contribution in [0.2, 0.25) is 0 Å². The maximum absolute atomic E-state index is 13.2. The number of esters is 4. The molecule has 8 aromatic carbocycles. The highest BCUT2D eigenvalue weighted by Crippen LogP contribution is 2.52. The van der Waals surface area contributed by atoms with Crippen molar-refractivity contribution in [1.82, 2.24) is 0 Å². The maximum Gasteiger partial charge on any atom is 0.345 e. The van der Waals surface area contributed by atoms with E-state index < -0.39 is 48.3 Å². The van der Waals surface area contributed by atoms with E-state index in [0.717, 1.165) is 83.0 Å². The van der Waals surface area contributed by atoms with Gasteiger partial charge in [-0.15, -0.1) is 0 Å². The van der Waals surface area contributed by atoms with Gasteiger partial charge < -0.3 is 37.9 Å². The van der Waals surface area contributed by atoms with Gasteiger partial charge in [-0.2, -0.15) is 0 Å². The first kappa shape index (κ1) is 58.1. The zero-order valence-electron chi connectivity index (χ0n) is 46.5. The number of para-hydroxylation sites is 4. The molecule has 8 aromatic rings. The van der Waals surface area contributed by atoms with Crippen LogP contribution in [0.3, 0.4) is 0 Å². The van der Waals surface area contributed by atoms with E-state index in [-0.39, 0.29) is 23.7 Å². The van der Waals surface area contributed by atoms with Crippen molar-refractivity contribution in [3.8, 4) is 23.0 Å². The second-order valence-electron chi connectivity index (χ2n) is 20.2. The first-order chi connectivity index (χ1) is 40.2. The van der Waals surface area contributed by atoms with Crippen LogP contribution in [0.4, 0.5) is 0 Å². The standard InChI is InChI=1S/2C35H34O6/c2*1-38-32(24-14-5-3-6-15-24)34(36)40-30-22-11-9-18-28(30)26-20-13-21-27(26)29-19-10-12-23-31(29)41-35(37)33(39-2)25-16-7-4-8-17-25/h2*3-12,14-19,22-23,26-27,32-33H,13,20-21H2,1-2H3/t2*26-,27-,32-,33-/m11/s1. The van der Waals surface area contributed by atoms with Gasteiger partial charge in [0.15, 0.2) is 24.4 Å². The van der Waals surface area contributed by atoms with Crippen LogP contribution < -0.4 is 18.9 Å². The minimum atomic E-state index is -0.831. The van der Waals surface area contributed by atoms with Crippen LogP contribution in [0.25, 0.3) is 0 Å². The van der Waals surface area contributed by atoms with Crippen LogP contribution in [0.5, 0.6) is 23.0 Å². The van der Waals surface area contributed by atoms with Gasteiger partial charge in [0.05, 0.1) is 0 Å². The van der Waals surface area contributed by atoms with E-state index in [9.17, 15) is 19.2 Å². The number of hydrogen-bond donors (Lipinski definition) is 0. The fourth-order valence-corrected chi connectivity index (χ4v) is 11.6. The topological polar surface area (TPSA) is 142 Å². The Morgan fingerprint density at radius 1 is 0.280 bits per heavy atom. The van der Waals surface area contributed by atoms with Gasteiger partial charge in [0, 0.05) is 28.4 Å². The summed E-state index contributed by atoms with van der Waals surface area (Å²) in [6, 6.07) is 67.9. The van der Waals surface area contributed by atoms with E-state index in [1.807, 2.05) is 218 Å². The molecule has 2 saturated carbocycles. The summed E-state index contributed by atoms with van der Waals surface area (Å²) in [6.45, 7) is 0. The molecule has 0 radical (unpaired) electrons. The third-order valence-corrected chi connectivity index (χ3v) is 15.4. The lowest BCUT2D eigenvalue weighted by Crippen LogP contribution is -2.22. The average molecular weight is 1100 g/mol. The van der Waals surface area contributed by atoms with Crippen LogP contribution in [0.1, 0.15) is 131 Å². The lowest BCUT2D eigenvalue weighted by atomic mass is 9.83. The largest absolute Gasteiger partial charge is 0.424 e. The highest BCUT2D eigenvalue weighted by molar-refractivity contribution is 5.81. The Balaban J connectivity index is 0.000000198. The summed E-state index contributed by atoms with van der Waals surface area (Å²) in [4.78, 5) is 52.9. The summed E-state index contributed by atoms with van der Waals surface area (Å²) >= 11 is 0. The van der Waals surface area contributed by atoms with E-state index in [4.69, 9.17) is 37.9 Å². The van der Waals surface area contributed by atoms with E-state index in [0.29, 0.717) is 23.0 Å². The molecule has 12 heteroatoms. The molecule has 12 nitrogen and oxygen atoms in total. The lowest BCUT2D eigenvalue weighted by Gasteiger charge is -2.25. The van der Waals surface area contributed by atoms with Gasteiger partial charge in [-0.25, -0.2) is 19.2 Å². The molecule has 0 N–H and O–H groups in total. The minimum Gasteiger partial charge on any atom is -0.424 e. The molecule has 0 heterocycles. The van der Waals surface area contributed by atoms with Crippen molar-refractivity contribution in [2.24, 2.45) is 0 Å². The van der Waals surface area contributed by atoms with Crippen molar-refractivity contribution in [1.29, 1.82) is 0 Å². The van der Waals surface area contributed by atoms with Crippen molar-refractivity contribution < 1.29 is 57.1 Å². The first-order valence-corrected chi connectivity index (χ1v) is 27.7. The average Bonchev–Trinajstić information content (AvgIpc) is 4.27. The van der Waals surface area contributed by atoms with Crippen LogP contribution in [-0.4, -0.2) is 52.3 Å². The van der Waals surface area contributed by atoms with Crippen LogP contribution >= 0.6 is 0 Å². The third kappa shape index (κ3) is 14.0. The van der Waals surface area contributed by atoms with Gasteiger partial charge in [0.1, 0.15) is 23.0 Å². The predicted molar refractivity (Wildman–Crippen MR) is 312 cm³/mol. The van der Waals surface area contributed by atoms with Crippen molar-refractivity contribution >= 4 is 23.9 Å². The van der Waals surface area contributed by atoms with Gasteiger partial charge >= 0.3 is 23.9 Å². The molecule has 82 heavy (non-hydrogen) atoms. The van der Waals surface area contributed by atoms with Gasteiger partial charge in [0.25, 0.3) is 0 Å². The number of benzene rings is 8. The molecule has 0 unspecified atom stereocenters. The number of hydrogen-bond acceptors (Lipinski definition) is 12. The zero-order valence-corrected chi connectivity index (χ0v) is 46.5. The zero-order chi connectivity index (χ0) is 57.2. The molecule has 420 valence electrons. The van der Waals surface area contributed by atoms with E-state index in [1.54, 1.807) is 0 Å².